The fourth-order valence-electron chi connectivity index (χ4n) is 2.49. The highest BCUT2D eigenvalue weighted by molar-refractivity contribution is 5.83. The van der Waals surface area contributed by atoms with E-state index in [1.54, 1.807) is 18.2 Å². The Kier molecular flexibility index (Phi) is 3.72. The molecule has 0 aliphatic heterocycles. The first-order valence-corrected chi connectivity index (χ1v) is 6.94. The lowest BCUT2D eigenvalue weighted by atomic mass is 10.1. The minimum absolute atomic E-state index is 0.0193. The summed E-state index contributed by atoms with van der Waals surface area (Å²) in [5.74, 6) is 0.597. The lowest BCUT2D eigenvalue weighted by molar-refractivity contribution is -0.384. The number of methoxy groups -OCH3 is 1. The molecule has 0 saturated heterocycles. The number of nitrogens with zero attached hydrogens (tertiary/aromatic N) is 3. The largest absolute Gasteiger partial charge is 0.497 e. The summed E-state index contributed by atoms with van der Waals surface area (Å²) < 4.78 is 6.53. The summed E-state index contributed by atoms with van der Waals surface area (Å²) in [4.78, 5) is 22.8. The average molecular weight is 321 g/mol. The highest BCUT2D eigenvalue weighted by Crippen LogP contribution is 2.23. The lowest BCUT2D eigenvalue weighted by Crippen LogP contribution is -2.21. The van der Waals surface area contributed by atoms with Crippen molar-refractivity contribution in [2.75, 3.05) is 7.11 Å². The van der Waals surface area contributed by atoms with Gasteiger partial charge in [-0.2, -0.15) is 5.26 Å². The van der Waals surface area contributed by atoms with Gasteiger partial charge in [-0.25, -0.2) is 0 Å². The molecule has 7 heteroatoms. The zero-order chi connectivity index (χ0) is 17.3. The maximum atomic E-state index is 12.6. The van der Waals surface area contributed by atoms with Gasteiger partial charge in [0.2, 0.25) is 0 Å². The molecule has 0 bridgehead atoms. The second kappa shape index (κ2) is 5.85. The first-order valence-electron chi connectivity index (χ1n) is 6.94. The van der Waals surface area contributed by atoms with Crippen molar-refractivity contribution in [2.24, 2.45) is 0 Å². The van der Waals surface area contributed by atoms with Gasteiger partial charge in [0.15, 0.2) is 0 Å². The molecule has 0 radical (unpaired) electrons. The van der Waals surface area contributed by atoms with Crippen LogP contribution in [0, 0.1) is 21.4 Å². The van der Waals surface area contributed by atoms with E-state index in [-0.39, 0.29) is 11.3 Å². The summed E-state index contributed by atoms with van der Waals surface area (Å²) >= 11 is 0. The summed E-state index contributed by atoms with van der Waals surface area (Å²) in [5.41, 5.74) is 0.443. The molecule has 118 valence electrons. The normalized spacial score (nSPS) is 10.3. The number of hydrogen-bond donors (Lipinski definition) is 0. The summed E-state index contributed by atoms with van der Waals surface area (Å²) in [6, 6.07) is 14.1. The monoisotopic (exact) mass is 321 g/mol. The molecule has 3 aromatic rings. The molecular formula is C17H11N3O4. The molecule has 7 nitrogen and oxygen atoms in total. The molecular weight excluding hydrogens is 310 g/mol. The van der Waals surface area contributed by atoms with E-state index in [1.807, 2.05) is 6.07 Å². The van der Waals surface area contributed by atoms with Crippen LogP contribution in [0.5, 0.6) is 5.75 Å². The summed E-state index contributed by atoms with van der Waals surface area (Å²) in [6.45, 7) is 0. The van der Waals surface area contributed by atoms with Gasteiger partial charge in [-0.3, -0.25) is 19.5 Å². The van der Waals surface area contributed by atoms with Crippen molar-refractivity contribution in [3.05, 3.63) is 74.6 Å². The molecule has 2 aromatic carbocycles. The minimum atomic E-state index is -0.513. The molecule has 0 atom stereocenters. The van der Waals surface area contributed by atoms with E-state index < -0.39 is 10.5 Å². The zero-order valence-corrected chi connectivity index (χ0v) is 12.6. The predicted molar refractivity (Wildman–Crippen MR) is 87.5 cm³/mol. The van der Waals surface area contributed by atoms with Gasteiger partial charge < -0.3 is 4.74 Å². The topological polar surface area (TPSA) is 98.2 Å². The number of aromatic nitrogens is 1. The Morgan fingerprint density at radius 3 is 2.46 bits per heavy atom. The van der Waals surface area contributed by atoms with Gasteiger partial charge in [-0.15, -0.1) is 0 Å². The molecule has 1 heterocycles. The van der Waals surface area contributed by atoms with Crippen LogP contribution in [0.1, 0.15) is 5.56 Å². The molecule has 0 amide bonds. The third-order valence-electron chi connectivity index (χ3n) is 3.65. The van der Waals surface area contributed by atoms with Crippen LogP contribution >= 0.6 is 0 Å². The Labute approximate surface area is 136 Å². The van der Waals surface area contributed by atoms with Gasteiger partial charge >= 0.3 is 0 Å². The molecule has 3 rings (SSSR count). The van der Waals surface area contributed by atoms with Crippen LogP contribution < -0.4 is 10.3 Å². The number of nitro groups is 1. The highest BCUT2D eigenvalue weighted by atomic mass is 16.6. The van der Waals surface area contributed by atoms with Crippen molar-refractivity contribution in [3.8, 4) is 17.5 Å². The standard InChI is InChI=1S/C17H11N3O4/c1-24-15-6-7-16-11(9-15)8-12(10-18)17(21)19(16)13-2-4-14(5-3-13)20(22)23/h2-9H,1H3. The number of benzene rings is 2. The molecule has 0 saturated carbocycles. The molecule has 0 unspecified atom stereocenters. The number of fused-ring (bicyclic) bond motifs is 1. The number of nitro benzene ring substituents is 1. The molecule has 24 heavy (non-hydrogen) atoms. The van der Waals surface area contributed by atoms with E-state index in [0.29, 0.717) is 22.3 Å². The van der Waals surface area contributed by atoms with Crippen molar-refractivity contribution in [3.63, 3.8) is 0 Å². The summed E-state index contributed by atoms with van der Waals surface area (Å²) in [5, 5.41) is 20.6. The Bertz CT molecular complexity index is 1050. The summed E-state index contributed by atoms with van der Waals surface area (Å²) in [6.07, 6.45) is 0. The van der Waals surface area contributed by atoms with Gasteiger partial charge in [0, 0.05) is 23.2 Å². The maximum Gasteiger partial charge on any atom is 0.273 e. The van der Waals surface area contributed by atoms with Crippen molar-refractivity contribution >= 4 is 16.6 Å². The average Bonchev–Trinajstić information content (AvgIpc) is 2.61. The zero-order valence-electron chi connectivity index (χ0n) is 12.6. The molecule has 0 fully saturated rings. The lowest BCUT2D eigenvalue weighted by Gasteiger charge is -2.12. The van der Waals surface area contributed by atoms with Gasteiger partial charge in [0.05, 0.1) is 17.5 Å². The van der Waals surface area contributed by atoms with Crippen molar-refractivity contribution in [2.45, 2.75) is 0 Å². The van der Waals surface area contributed by atoms with Crippen LogP contribution in [0.3, 0.4) is 0 Å². The second-order valence-electron chi connectivity index (χ2n) is 5.01. The van der Waals surface area contributed by atoms with E-state index >= 15 is 0 Å². The van der Waals surface area contributed by atoms with Crippen LogP contribution in [-0.4, -0.2) is 16.6 Å². The van der Waals surface area contributed by atoms with E-state index in [0.717, 1.165) is 0 Å². The van der Waals surface area contributed by atoms with Crippen molar-refractivity contribution < 1.29 is 9.66 Å². The van der Waals surface area contributed by atoms with Crippen LogP contribution in [-0.2, 0) is 0 Å². The number of ether oxygens (including phenoxy) is 1. The molecule has 0 N–H and O–H groups in total. The molecule has 1 aromatic heterocycles. The van der Waals surface area contributed by atoms with Crippen LogP contribution in [0.2, 0.25) is 0 Å². The van der Waals surface area contributed by atoms with Crippen LogP contribution in [0.4, 0.5) is 5.69 Å². The second-order valence-corrected chi connectivity index (χ2v) is 5.01. The van der Waals surface area contributed by atoms with Gasteiger partial charge in [0.1, 0.15) is 17.4 Å². The molecule has 0 aliphatic carbocycles. The third-order valence-corrected chi connectivity index (χ3v) is 3.65. The number of non-ortho nitro benzene ring substituents is 1. The van der Waals surface area contributed by atoms with Crippen molar-refractivity contribution in [1.82, 2.24) is 4.57 Å². The van der Waals surface area contributed by atoms with E-state index in [4.69, 9.17) is 4.74 Å². The Hall–Kier alpha value is -3.66. The third kappa shape index (κ3) is 2.46. The Morgan fingerprint density at radius 2 is 1.88 bits per heavy atom. The van der Waals surface area contributed by atoms with E-state index in [1.165, 1.54) is 42.0 Å². The Morgan fingerprint density at radius 1 is 1.17 bits per heavy atom. The fraction of sp³-hybridized carbons (Fsp3) is 0.0588. The van der Waals surface area contributed by atoms with Crippen LogP contribution in [0.15, 0.2) is 53.3 Å². The van der Waals surface area contributed by atoms with E-state index in [2.05, 4.69) is 0 Å². The highest BCUT2D eigenvalue weighted by Gasteiger charge is 2.13. The first kappa shape index (κ1) is 15.2. The maximum absolute atomic E-state index is 12.6. The minimum Gasteiger partial charge on any atom is -0.497 e. The van der Waals surface area contributed by atoms with Gasteiger partial charge in [-0.1, -0.05) is 0 Å². The quantitative estimate of drug-likeness (QED) is 0.545. The van der Waals surface area contributed by atoms with Gasteiger partial charge in [-0.05, 0) is 36.4 Å². The van der Waals surface area contributed by atoms with Crippen molar-refractivity contribution in [1.29, 1.82) is 5.26 Å². The van der Waals surface area contributed by atoms with Gasteiger partial charge in [0.25, 0.3) is 11.2 Å². The summed E-state index contributed by atoms with van der Waals surface area (Å²) in [7, 11) is 1.53. The smallest absolute Gasteiger partial charge is 0.273 e. The number of nitriles is 1. The Balaban J connectivity index is 2.33. The number of rotatable bonds is 3. The first-order chi connectivity index (χ1) is 11.5. The fourth-order valence-corrected chi connectivity index (χ4v) is 2.49. The number of hydrogen-bond acceptors (Lipinski definition) is 5. The number of pyridine rings is 1. The van der Waals surface area contributed by atoms with E-state index in [9.17, 15) is 20.2 Å². The predicted octanol–water partition coefficient (Wildman–Crippen LogP) is 2.78. The van der Waals surface area contributed by atoms with Crippen LogP contribution in [0.25, 0.3) is 16.6 Å². The SMILES string of the molecule is COc1ccc2c(c1)cc(C#N)c(=O)n2-c1ccc([N+](=O)[O-])cc1. The molecule has 0 aliphatic rings. The molecule has 0 spiro atoms.